The van der Waals surface area contributed by atoms with Crippen molar-refractivity contribution in [3.05, 3.63) is 83.8 Å². The molecule has 0 aliphatic carbocycles. The summed E-state index contributed by atoms with van der Waals surface area (Å²) in [6.07, 6.45) is 5.39. The summed E-state index contributed by atoms with van der Waals surface area (Å²) in [4.78, 5) is 17.6. The van der Waals surface area contributed by atoms with Crippen molar-refractivity contribution >= 4 is 22.5 Å². The number of carbonyl (C=O) groups excluding carboxylic acids is 1. The average Bonchev–Trinajstić information content (AvgIpc) is 3.27. The number of nitrogens with one attached hydrogen (secondary N) is 2. The summed E-state index contributed by atoms with van der Waals surface area (Å²) in [5, 5.41) is 21.6. The topological polar surface area (TPSA) is 101 Å². The number of benzene rings is 2. The molecule has 1 amide bonds. The first-order valence-corrected chi connectivity index (χ1v) is 10.7. The van der Waals surface area contributed by atoms with E-state index >= 15 is 0 Å². The molecule has 0 spiro atoms. The zero-order chi connectivity index (χ0) is 23.4. The Bertz CT molecular complexity index is 1250. The van der Waals surface area contributed by atoms with Crippen molar-refractivity contribution in [2.24, 2.45) is 7.05 Å². The zero-order valence-corrected chi connectivity index (χ0v) is 18.8. The van der Waals surface area contributed by atoms with Crippen molar-refractivity contribution in [1.82, 2.24) is 20.1 Å². The molecule has 33 heavy (non-hydrogen) atoms. The number of nitrogens with zero attached hydrogens (tertiary/aromatic N) is 3. The Labute approximate surface area is 192 Å². The molecule has 170 valence electrons. The van der Waals surface area contributed by atoms with Crippen molar-refractivity contribution in [3.8, 4) is 5.75 Å². The fourth-order valence-corrected chi connectivity index (χ4v) is 3.62. The fourth-order valence-electron chi connectivity index (χ4n) is 3.62. The number of hydrogen-bond acceptors (Lipinski definition) is 6. The molecule has 0 aliphatic heterocycles. The van der Waals surface area contributed by atoms with Gasteiger partial charge in [0.15, 0.2) is 0 Å². The van der Waals surface area contributed by atoms with E-state index in [-0.39, 0.29) is 24.6 Å². The maximum atomic E-state index is 13.3. The standard InChI is InChI=1S/C25H27N5O3/c1-16(15-31)28-23-11-20-10-18(4-5-19(20)12-26-23)25(32)29-24(21-13-27-30(2)14-21)17-6-8-22(33-3)9-7-17/h4-14,16,24,31H,15H2,1-3H3,(H,26,28)(H,29,32). The Kier molecular flexibility index (Phi) is 6.55. The second-order valence-corrected chi connectivity index (χ2v) is 7.99. The van der Waals surface area contributed by atoms with Crippen LogP contribution in [0.3, 0.4) is 0 Å². The third kappa shape index (κ3) is 5.12. The number of rotatable bonds is 8. The number of aliphatic hydroxyl groups is 1. The van der Waals surface area contributed by atoms with Crippen LogP contribution in [0.15, 0.2) is 67.1 Å². The van der Waals surface area contributed by atoms with E-state index in [1.165, 1.54) is 0 Å². The van der Waals surface area contributed by atoms with E-state index in [1.807, 2.05) is 62.6 Å². The summed E-state index contributed by atoms with van der Waals surface area (Å²) >= 11 is 0. The summed E-state index contributed by atoms with van der Waals surface area (Å²) in [7, 11) is 3.47. The maximum absolute atomic E-state index is 13.3. The van der Waals surface area contributed by atoms with Crippen molar-refractivity contribution in [2.75, 3.05) is 19.0 Å². The van der Waals surface area contributed by atoms with Crippen LogP contribution in [0.25, 0.3) is 10.8 Å². The predicted octanol–water partition coefficient (Wildman–Crippen LogP) is 3.29. The van der Waals surface area contributed by atoms with Gasteiger partial charge in [-0.05, 0) is 48.2 Å². The van der Waals surface area contributed by atoms with Crippen LogP contribution in [0, 0.1) is 0 Å². The van der Waals surface area contributed by atoms with Crippen molar-refractivity contribution in [3.63, 3.8) is 0 Å². The molecule has 3 N–H and O–H groups in total. The molecule has 8 nitrogen and oxygen atoms in total. The molecule has 2 heterocycles. The van der Waals surface area contributed by atoms with E-state index in [2.05, 4.69) is 20.7 Å². The molecule has 2 aromatic heterocycles. The van der Waals surface area contributed by atoms with E-state index in [0.717, 1.165) is 27.6 Å². The number of aliphatic hydroxyl groups excluding tert-OH is 1. The highest BCUT2D eigenvalue weighted by molar-refractivity contribution is 5.99. The lowest BCUT2D eigenvalue weighted by Gasteiger charge is -2.19. The van der Waals surface area contributed by atoms with E-state index in [0.29, 0.717) is 11.4 Å². The number of hydrogen-bond donors (Lipinski definition) is 3. The Morgan fingerprint density at radius 3 is 2.55 bits per heavy atom. The predicted molar refractivity (Wildman–Crippen MR) is 127 cm³/mol. The van der Waals surface area contributed by atoms with E-state index in [1.54, 1.807) is 30.3 Å². The Morgan fingerprint density at radius 2 is 1.88 bits per heavy atom. The third-order valence-electron chi connectivity index (χ3n) is 5.43. The summed E-state index contributed by atoms with van der Waals surface area (Å²) < 4.78 is 6.97. The van der Waals surface area contributed by atoms with Gasteiger partial charge in [0.1, 0.15) is 11.6 Å². The minimum absolute atomic E-state index is 0.00323. The summed E-state index contributed by atoms with van der Waals surface area (Å²) in [6.45, 7) is 1.87. The number of aryl methyl sites for hydroxylation is 1. The fraction of sp³-hybridized carbons (Fsp3) is 0.240. The second kappa shape index (κ2) is 9.70. The summed E-state index contributed by atoms with van der Waals surface area (Å²) in [6, 6.07) is 14.5. The van der Waals surface area contributed by atoms with Crippen molar-refractivity contribution in [1.29, 1.82) is 0 Å². The largest absolute Gasteiger partial charge is 0.497 e. The molecule has 0 aliphatic rings. The zero-order valence-electron chi connectivity index (χ0n) is 18.8. The molecule has 2 unspecified atom stereocenters. The Balaban J connectivity index is 1.62. The van der Waals surface area contributed by atoms with E-state index in [4.69, 9.17) is 4.74 Å². The normalized spacial score (nSPS) is 12.8. The smallest absolute Gasteiger partial charge is 0.252 e. The number of aromatic nitrogens is 3. The van der Waals surface area contributed by atoms with Crippen molar-refractivity contribution in [2.45, 2.75) is 19.0 Å². The average molecular weight is 446 g/mol. The maximum Gasteiger partial charge on any atom is 0.252 e. The molecule has 4 rings (SSSR count). The first-order valence-electron chi connectivity index (χ1n) is 10.7. The molecule has 0 radical (unpaired) electrons. The highest BCUT2D eigenvalue weighted by Gasteiger charge is 2.20. The quantitative estimate of drug-likeness (QED) is 0.385. The van der Waals surface area contributed by atoms with Gasteiger partial charge in [-0.1, -0.05) is 18.2 Å². The number of amides is 1. The number of pyridine rings is 1. The van der Waals surface area contributed by atoms with E-state index in [9.17, 15) is 9.90 Å². The minimum Gasteiger partial charge on any atom is -0.497 e. The molecule has 0 fully saturated rings. The molecule has 0 saturated carbocycles. The Hall–Kier alpha value is -3.91. The second-order valence-electron chi connectivity index (χ2n) is 7.99. The van der Waals surface area contributed by atoms with Crippen LogP contribution in [0.2, 0.25) is 0 Å². The molecular weight excluding hydrogens is 418 g/mol. The van der Waals surface area contributed by atoms with Gasteiger partial charge in [-0.2, -0.15) is 5.10 Å². The number of carbonyl (C=O) groups is 1. The van der Waals surface area contributed by atoms with Gasteiger partial charge in [0.25, 0.3) is 5.91 Å². The van der Waals surface area contributed by atoms with Crippen LogP contribution in [0.1, 0.15) is 34.5 Å². The van der Waals surface area contributed by atoms with Crippen molar-refractivity contribution < 1.29 is 14.6 Å². The summed E-state index contributed by atoms with van der Waals surface area (Å²) in [5.41, 5.74) is 2.34. The van der Waals surface area contributed by atoms with Gasteiger partial charge in [-0.25, -0.2) is 4.98 Å². The van der Waals surface area contributed by atoms with Crippen LogP contribution < -0.4 is 15.4 Å². The van der Waals surface area contributed by atoms with Gasteiger partial charge in [0.05, 0.1) is 26.0 Å². The SMILES string of the molecule is COc1ccc(C(NC(=O)c2ccc3cnc(NC(C)CO)cc3c2)c2cnn(C)c2)cc1. The van der Waals surface area contributed by atoms with Crippen LogP contribution in [-0.2, 0) is 7.05 Å². The van der Waals surface area contributed by atoms with E-state index < -0.39 is 0 Å². The first kappa shape index (κ1) is 22.3. The molecule has 4 aromatic rings. The molecule has 0 saturated heterocycles. The molecule has 8 heteroatoms. The number of ether oxygens (including phenoxy) is 1. The molecular formula is C25H27N5O3. The lowest BCUT2D eigenvalue weighted by molar-refractivity contribution is 0.0943. The van der Waals surface area contributed by atoms with Gasteiger partial charge in [0.2, 0.25) is 0 Å². The monoisotopic (exact) mass is 445 g/mol. The van der Waals surface area contributed by atoms with Crippen LogP contribution in [0.5, 0.6) is 5.75 Å². The van der Waals surface area contributed by atoms with Crippen LogP contribution in [-0.4, -0.2) is 45.5 Å². The van der Waals surface area contributed by atoms with Crippen LogP contribution >= 0.6 is 0 Å². The molecule has 2 atom stereocenters. The Morgan fingerprint density at radius 1 is 1.09 bits per heavy atom. The number of methoxy groups -OCH3 is 1. The van der Waals surface area contributed by atoms with Gasteiger partial charge in [-0.3, -0.25) is 9.48 Å². The lowest BCUT2D eigenvalue weighted by Crippen LogP contribution is -2.29. The molecule has 2 aromatic carbocycles. The number of fused-ring (bicyclic) bond motifs is 1. The van der Waals surface area contributed by atoms with Gasteiger partial charge >= 0.3 is 0 Å². The first-order chi connectivity index (χ1) is 16.0. The van der Waals surface area contributed by atoms with Gasteiger partial charge < -0.3 is 20.5 Å². The highest BCUT2D eigenvalue weighted by Crippen LogP contribution is 2.25. The van der Waals surface area contributed by atoms with Crippen LogP contribution in [0.4, 0.5) is 5.82 Å². The van der Waals surface area contributed by atoms with Gasteiger partial charge in [0, 0.05) is 42.0 Å². The molecule has 0 bridgehead atoms. The summed E-state index contributed by atoms with van der Waals surface area (Å²) in [5.74, 6) is 1.20. The minimum atomic E-state index is -0.368. The lowest BCUT2D eigenvalue weighted by atomic mass is 10.0. The number of anilines is 1. The van der Waals surface area contributed by atoms with Gasteiger partial charge in [-0.15, -0.1) is 0 Å². The highest BCUT2D eigenvalue weighted by atomic mass is 16.5. The third-order valence-corrected chi connectivity index (χ3v) is 5.43.